The fourth-order valence-corrected chi connectivity index (χ4v) is 5.91. The molecule has 0 atom stereocenters. The second-order valence-electron chi connectivity index (χ2n) is 13.8. The van der Waals surface area contributed by atoms with Gasteiger partial charge in [0.1, 0.15) is 0 Å². The van der Waals surface area contributed by atoms with Crippen molar-refractivity contribution in [2.24, 2.45) is 10.8 Å². The molecule has 248 valence electrons. The Morgan fingerprint density at radius 2 is 0.891 bits per heavy atom. The van der Waals surface area contributed by atoms with Crippen LogP contribution in [-0.4, -0.2) is 13.2 Å². The zero-order valence-corrected chi connectivity index (χ0v) is 30.9. The Morgan fingerprint density at radius 1 is 0.565 bits per heavy atom. The minimum atomic E-state index is 0.0637. The molecule has 2 nitrogen and oxygen atoms in total. The van der Waals surface area contributed by atoms with Gasteiger partial charge in [0.2, 0.25) is 0 Å². The molecule has 2 rings (SSSR count). The van der Waals surface area contributed by atoms with Gasteiger partial charge >= 0.3 is 0 Å². The first kappa shape index (κ1) is 38.4. The normalized spacial score (nSPS) is 20.3. The lowest BCUT2D eigenvalue weighted by Crippen LogP contribution is -2.20. The van der Waals surface area contributed by atoms with Crippen LogP contribution < -0.4 is 0 Å². The van der Waals surface area contributed by atoms with E-state index in [1.165, 1.54) is 44.6 Å². The predicted molar refractivity (Wildman–Crippen MR) is 202 cm³/mol. The van der Waals surface area contributed by atoms with Crippen molar-refractivity contribution in [2.45, 2.75) is 95.9 Å². The lowest BCUT2D eigenvalue weighted by molar-refractivity contribution is 0.193. The van der Waals surface area contributed by atoms with Gasteiger partial charge in [0, 0.05) is 12.8 Å². The Labute approximate surface area is 282 Å². The van der Waals surface area contributed by atoms with Crippen LogP contribution in [0.15, 0.2) is 153 Å². The summed E-state index contributed by atoms with van der Waals surface area (Å²) in [7, 11) is 0. The second kappa shape index (κ2) is 18.4. The van der Waals surface area contributed by atoms with Crippen molar-refractivity contribution in [3.05, 3.63) is 153 Å². The third kappa shape index (κ3) is 12.9. The maximum absolute atomic E-state index is 5.80. The topological polar surface area (TPSA) is 18.5 Å². The summed E-state index contributed by atoms with van der Waals surface area (Å²) >= 11 is 0. The summed E-state index contributed by atoms with van der Waals surface area (Å²) in [5.41, 5.74) is 10.3. The van der Waals surface area contributed by atoms with E-state index in [4.69, 9.17) is 9.47 Å². The van der Waals surface area contributed by atoms with Gasteiger partial charge in [0.25, 0.3) is 0 Å². The van der Waals surface area contributed by atoms with Crippen molar-refractivity contribution in [1.29, 1.82) is 0 Å². The first-order valence-electron chi connectivity index (χ1n) is 16.9. The van der Waals surface area contributed by atoms with Crippen LogP contribution in [0.3, 0.4) is 0 Å². The van der Waals surface area contributed by atoms with Gasteiger partial charge in [-0.15, -0.1) is 0 Å². The van der Waals surface area contributed by atoms with E-state index < -0.39 is 0 Å². The molecule has 0 saturated heterocycles. The quantitative estimate of drug-likeness (QED) is 0.180. The number of allylic oxidation sites excluding steroid dienone is 26. The first-order chi connectivity index (χ1) is 21.7. The van der Waals surface area contributed by atoms with Gasteiger partial charge in [-0.3, -0.25) is 0 Å². The van der Waals surface area contributed by atoms with Crippen molar-refractivity contribution >= 4 is 0 Å². The summed E-state index contributed by atoms with van der Waals surface area (Å²) in [4.78, 5) is 0. The van der Waals surface area contributed by atoms with E-state index in [1.807, 2.05) is 13.8 Å². The lowest BCUT2D eigenvalue weighted by Gasteiger charge is -2.32. The van der Waals surface area contributed by atoms with E-state index in [-0.39, 0.29) is 10.8 Å². The molecule has 0 spiro atoms. The van der Waals surface area contributed by atoms with Crippen LogP contribution in [0.2, 0.25) is 0 Å². The summed E-state index contributed by atoms with van der Waals surface area (Å²) in [5, 5.41) is 0. The standard InChI is InChI=1S/C44H60O2/c1-13-45-39-29-37(7)41(43(9,10)31-39)27-25-35(5)23-17-21-33(3)19-15-16-20-34(4)22-18-24-36(6)26-28-42-38(8)30-40(46-14-2)32-44(42,11)12/h15-30H,13-14,31-32H2,1-12H3/b16-15+,21-17+,22-18+,27-25+,28-26+,33-19+,34-20+,35-23+,36-24+. The molecule has 2 aliphatic carbocycles. The Bertz CT molecular complexity index is 1360. The van der Waals surface area contributed by atoms with Crippen molar-refractivity contribution in [2.75, 3.05) is 13.2 Å². The van der Waals surface area contributed by atoms with E-state index in [1.54, 1.807) is 0 Å². The first-order valence-corrected chi connectivity index (χ1v) is 16.9. The zero-order valence-electron chi connectivity index (χ0n) is 30.9. The van der Waals surface area contributed by atoms with Gasteiger partial charge in [0.15, 0.2) is 0 Å². The fraction of sp³-hybridized carbons (Fsp3) is 0.409. The monoisotopic (exact) mass is 620 g/mol. The molecule has 0 aromatic heterocycles. The Hall–Kier alpha value is -3.78. The molecule has 0 N–H and O–H groups in total. The average molecular weight is 621 g/mol. The van der Waals surface area contributed by atoms with Crippen LogP contribution in [0, 0.1) is 10.8 Å². The molecule has 0 heterocycles. The number of hydrogen-bond donors (Lipinski definition) is 0. The molecule has 0 bridgehead atoms. The predicted octanol–water partition coefficient (Wildman–Crippen LogP) is 12.9. The van der Waals surface area contributed by atoms with Crippen molar-refractivity contribution in [1.82, 2.24) is 0 Å². The van der Waals surface area contributed by atoms with Gasteiger partial charge < -0.3 is 9.47 Å². The van der Waals surface area contributed by atoms with Gasteiger partial charge in [-0.25, -0.2) is 0 Å². The number of hydrogen-bond acceptors (Lipinski definition) is 2. The molecule has 2 heteroatoms. The molecule has 0 fully saturated rings. The maximum atomic E-state index is 5.80. The van der Waals surface area contributed by atoms with Crippen LogP contribution in [0.5, 0.6) is 0 Å². The van der Waals surface area contributed by atoms with E-state index in [0.29, 0.717) is 0 Å². The Kier molecular flexibility index (Phi) is 15.4. The maximum Gasteiger partial charge on any atom is 0.0970 e. The molecule has 0 aliphatic heterocycles. The molecule has 46 heavy (non-hydrogen) atoms. The molecule has 0 aromatic rings. The van der Waals surface area contributed by atoms with Crippen molar-refractivity contribution < 1.29 is 9.47 Å². The summed E-state index contributed by atoms with van der Waals surface area (Å²) in [6.45, 7) is 27.6. The molecular weight excluding hydrogens is 560 g/mol. The van der Waals surface area contributed by atoms with E-state index in [9.17, 15) is 0 Å². The molecule has 2 aliphatic rings. The Balaban J connectivity index is 1.94. The van der Waals surface area contributed by atoms with Crippen LogP contribution in [0.1, 0.15) is 95.9 Å². The van der Waals surface area contributed by atoms with Crippen molar-refractivity contribution in [3.8, 4) is 0 Å². The van der Waals surface area contributed by atoms with E-state index in [0.717, 1.165) is 37.6 Å². The lowest BCUT2D eigenvalue weighted by atomic mass is 9.74. The minimum absolute atomic E-state index is 0.0637. The minimum Gasteiger partial charge on any atom is -0.498 e. The van der Waals surface area contributed by atoms with Crippen LogP contribution in [0.4, 0.5) is 0 Å². The summed E-state index contributed by atoms with van der Waals surface area (Å²) < 4.78 is 11.6. The van der Waals surface area contributed by atoms with E-state index >= 15 is 0 Å². The van der Waals surface area contributed by atoms with Crippen LogP contribution >= 0.6 is 0 Å². The summed E-state index contributed by atoms with van der Waals surface area (Å²) in [6.07, 6.45) is 36.5. The summed E-state index contributed by atoms with van der Waals surface area (Å²) in [5.74, 6) is 2.18. The molecule has 0 saturated carbocycles. The van der Waals surface area contributed by atoms with Crippen LogP contribution in [0.25, 0.3) is 0 Å². The van der Waals surface area contributed by atoms with Crippen molar-refractivity contribution in [3.63, 3.8) is 0 Å². The summed E-state index contributed by atoms with van der Waals surface area (Å²) in [6, 6.07) is 0. The Morgan fingerprint density at radius 3 is 1.22 bits per heavy atom. The average Bonchev–Trinajstić information content (AvgIpc) is 2.94. The molecular formula is C44H60O2. The molecule has 0 unspecified atom stereocenters. The highest BCUT2D eigenvalue weighted by molar-refractivity contribution is 5.45. The van der Waals surface area contributed by atoms with Crippen LogP contribution in [-0.2, 0) is 9.47 Å². The third-order valence-corrected chi connectivity index (χ3v) is 8.25. The largest absolute Gasteiger partial charge is 0.498 e. The van der Waals surface area contributed by atoms with Gasteiger partial charge in [-0.2, -0.15) is 0 Å². The second-order valence-corrected chi connectivity index (χ2v) is 13.8. The molecule has 0 amide bonds. The van der Waals surface area contributed by atoms with Gasteiger partial charge in [0.05, 0.1) is 24.7 Å². The van der Waals surface area contributed by atoms with E-state index in [2.05, 4.69) is 166 Å². The van der Waals surface area contributed by atoms with Gasteiger partial charge in [-0.05, 0) is 101 Å². The number of rotatable bonds is 14. The third-order valence-electron chi connectivity index (χ3n) is 8.25. The van der Waals surface area contributed by atoms with Gasteiger partial charge in [-0.1, -0.05) is 135 Å². The zero-order chi connectivity index (χ0) is 34.3. The molecule has 0 aromatic carbocycles. The fourth-order valence-electron chi connectivity index (χ4n) is 5.91. The smallest absolute Gasteiger partial charge is 0.0970 e. The molecule has 0 radical (unpaired) electrons. The highest BCUT2D eigenvalue weighted by Crippen LogP contribution is 2.42. The SMILES string of the molecule is CCOC1=CC(C)=C(/C=C/C(C)=C/C=C/C(C)=C/C=C/C=C(C)/C=C/C=C(C)/C=C/C2=C(C)C=C(OCC)CC2(C)C)C(C)(C)C1. The highest BCUT2D eigenvalue weighted by Gasteiger charge is 2.29. The number of ether oxygens (including phenoxy) is 2. The highest BCUT2D eigenvalue weighted by atomic mass is 16.5.